The van der Waals surface area contributed by atoms with Crippen LogP contribution in [0.4, 0.5) is 11.6 Å². The fraction of sp³-hybridized carbons (Fsp3) is 0.286. The van der Waals surface area contributed by atoms with E-state index in [4.69, 9.17) is 4.74 Å². The third kappa shape index (κ3) is 4.46. The molecule has 0 fully saturated rings. The molecule has 19 heavy (non-hydrogen) atoms. The molecule has 100 valence electrons. The Kier molecular flexibility index (Phi) is 4.98. The maximum atomic E-state index is 5.58. The summed E-state index contributed by atoms with van der Waals surface area (Å²) >= 11 is 0. The molecule has 2 aromatic rings. The van der Waals surface area contributed by atoms with Crippen molar-refractivity contribution in [1.82, 2.24) is 9.97 Å². The number of nitrogens with one attached hydrogen (secondary N) is 2. The lowest BCUT2D eigenvalue weighted by Gasteiger charge is -2.08. The predicted octanol–water partition coefficient (Wildman–Crippen LogP) is 2.40. The third-order valence-corrected chi connectivity index (χ3v) is 2.45. The van der Waals surface area contributed by atoms with Crippen LogP contribution < -0.4 is 15.4 Å². The van der Waals surface area contributed by atoms with Crippen molar-refractivity contribution >= 4 is 11.6 Å². The molecular weight excluding hydrogens is 240 g/mol. The van der Waals surface area contributed by atoms with Gasteiger partial charge in [0.05, 0.1) is 6.54 Å². The van der Waals surface area contributed by atoms with E-state index in [1.54, 1.807) is 6.33 Å². The topological polar surface area (TPSA) is 59.1 Å². The highest BCUT2D eigenvalue weighted by atomic mass is 16.5. The van der Waals surface area contributed by atoms with Gasteiger partial charge in [-0.2, -0.15) is 0 Å². The Hall–Kier alpha value is -2.30. The zero-order valence-corrected chi connectivity index (χ0v) is 11.0. The largest absolute Gasteiger partial charge is 0.492 e. The minimum Gasteiger partial charge on any atom is -0.492 e. The third-order valence-electron chi connectivity index (χ3n) is 2.45. The van der Waals surface area contributed by atoms with Crippen molar-refractivity contribution in [2.24, 2.45) is 0 Å². The molecule has 0 radical (unpaired) electrons. The molecule has 1 aromatic heterocycles. The summed E-state index contributed by atoms with van der Waals surface area (Å²) in [7, 11) is 0. The Morgan fingerprint density at radius 3 is 2.53 bits per heavy atom. The van der Waals surface area contributed by atoms with Gasteiger partial charge in [0.2, 0.25) is 0 Å². The minimum absolute atomic E-state index is 0.588. The molecule has 1 heterocycles. The number of anilines is 2. The normalized spacial score (nSPS) is 9.95. The summed E-state index contributed by atoms with van der Waals surface area (Å²) in [6.07, 6.45) is 1.54. The molecule has 0 saturated carbocycles. The molecule has 2 rings (SSSR count). The van der Waals surface area contributed by atoms with Gasteiger partial charge in [-0.3, -0.25) is 0 Å². The Morgan fingerprint density at radius 1 is 1.05 bits per heavy atom. The van der Waals surface area contributed by atoms with Crippen LogP contribution in [-0.4, -0.2) is 29.7 Å². The first-order chi connectivity index (χ1) is 9.38. The molecule has 0 bridgehead atoms. The van der Waals surface area contributed by atoms with Crippen molar-refractivity contribution in [1.29, 1.82) is 0 Å². The average molecular weight is 258 g/mol. The van der Waals surface area contributed by atoms with E-state index >= 15 is 0 Å². The molecule has 1 aromatic carbocycles. The van der Waals surface area contributed by atoms with Crippen molar-refractivity contribution in [3.63, 3.8) is 0 Å². The summed E-state index contributed by atoms with van der Waals surface area (Å²) in [6, 6.07) is 11.6. The number of benzene rings is 1. The predicted molar refractivity (Wildman–Crippen MR) is 76.6 cm³/mol. The van der Waals surface area contributed by atoms with Crippen LogP contribution in [0.2, 0.25) is 0 Å². The quantitative estimate of drug-likeness (QED) is 0.747. The van der Waals surface area contributed by atoms with E-state index in [1.807, 2.05) is 43.3 Å². The Balaban J connectivity index is 1.75. The first kappa shape index (κ1) is 13.1. The number of ether oxygens (including phenoxy) is 1. The number of para-hydroxylation sites is 1. The highest BCUT2D eigenvalue weighted by molar-refractivity contribution is 5.46. The summed E-state index contributed by atoms with van der Waals surface area (Å²) in [5.74, 6) is 2.49. The SMILES string of the molecule is CCNc1cc(NCCOc2ccccc2)ncn1. The molecule has 0 spiro atoms. The number of aromatic nitrogens is 2. The molecule has 0 unspecified atom stereocenters. The second-order valence-corrected chi connectivity index (χ2v) is 3.91. The van der Waals surface area contributed by atoms with Crippen LogP contribution in [-0.2, 0) is 0 Å². The Bertz CT molecular complexity index is 490. The molecule has 0 aliphatic heterocycles. The van der Waals surface area contributed by atoms with Crippen molar-refractivity contribution < 1.29 is 4.74 Å². The van der Waals surface area contributed by atoms with E-state index in [1.165, 1.54) is 0 Å². The number of hydrogen-bond acceptors (Lipinski definition) is 5. The van der Waals surface area contributed by atoms with Gasteiger partial charge in [-0.15, -0.1) is 0 Å². The van der Waals surface area contributed by atoms with E-state index in [0.717, 1.165) is 23.9 Å². The van der Waals surface area contributed by atoms with Crippen molar-refractivity contribution in [3.8, 4) is 5.75 Å². The molecule has 0 aliphatic rings. The first-order valence-corrected chi connectivity index (χ1v) is 6.36. The molecular formula is C14H18N4O. The zero-order chi connectivity index (χ0) is 13.3. The van der Waals surface area contributed by atoms with Crippen LogP contribution >= 0.6 is 0 Å². The van der Waals surface area contributed by atoms with Crippen molar-refractivity contribution in [2.45, 2.75) is 6.92 Å². The van der Waals surface area contributed by atoms with Gasteiger partial charge in [-0.05, 0) is 19.1 Å². The summed E-state index contributed by atoms with van der Waals surface area (Å²) in [4.78, 5) is 8.26. The van der Waals surface area contributed by atoms with Gasteiger partial charge >= 0.3 is 0 Å². The maximum absolute atomic E-state index is 5.58. The summed E-state index contributed by atoms with van der Waals surface area (Å²) < 4.78 is 5.58. The van der Waals surface area contributed by atoms with E-state index in [9.17, 15) is 0 Å². The molecule has 2 N–H and O–H groups in total. The van der Waals surface area contributed by atoms with E-state index < -0.39 is 0 Å². The molecule has 5 nitrogen and oxygen atoms in total. The van der Waals surface area contributed by atoms with E-state index in [2.05, 4.69) is 20.6 Å². The lowest BCUT2D eigenvalue weighted by molar-refractivity contribution is 0.333. The summed E-state index contributed by atoms with van der Waals surface area (Å²) in [5, 5.41) is 6.34. The van der Waals surface area contributed by atoms with Gasteiger partial charge in [-0.25, -0.2) is 9.97 Å². The second-order valence-electron chi connectivity index (χ2n) is 3.91. The number of rotatable bonds is 7. The smallest absolute Gasteiger partial charge is 0.131 e. The minimum atomic E-state index is 0.588. The summed E-state index contributed by atoms with van der Waals surface area (Å²) in [6.45, 7) is 4.15. The summed E-state index contributed by atoms with van der Waals surface area (Å²) in [5.41, 5.74) is 0. The maximum Gasteiger partial charge on any atom is 0.131 e. The monoisotopic (exact) mass is 258 g/mol. The lowest BCUT2D eigenvalue weighted by atomic mass is 10.3. The van der Waals surface area contributed by atoms with Crippen LogP contribution in [0.15, 0.2) is 42.7 Å². The van der Waals surface area contributed by atoms with Gasteiger partial charge in [0.25, 0.3) is 0 Å². The van der Waals surface area contributed by atoms with Crippen LogP contribution in [0, 0.1) is 0 Å². The van der Waals surface area contributed by atoms with Crippen molar-refractivity contribution in [2.75, 3.05) is 30.3 Å². The molecule has 5 heteroatoms. The van der Waals surface area contributed by atoms with E-state index in [0.29, 0.717) is 13.2 Å². The Morgan fingerprint density at radius 2 is 1.79 bits per heavy atom. The molecule has 0 atom stereocenters. The van der Waals surface area contributed by atoms with Crippen LogP contribution in [0.3, 0.4) is 0 Å². The van der Waals surface area contributed by atoms with Gasteiger partial charge in [0.15, 0.2) is 0 Å². The standard InChI is InChI=1S/C14H18N4O/c1-2-15-13-10-14(18-11-17-13)16-8-9-19-12-6-4-3-5-7-12/h3-7,10-11H,2,8-9H2,1H3,(H2,15,16,17,18). The highest BCUT2D eigenvalue weighted by Gasteiger charge is 1.97. The highest BCUT2D eigenvalue weighted by Crippen LogP contribution is 2.09. The van der Waals surface area contributed by atoms with Gasteiger partial charge in [0.1, 0.15) is 30.3 Å². The second kappa shape index (κ2) is 7.20. The molecule has 0 aliphatic carbocycles. The molecule has 0 saturated heterocycles. The number of hydrogen-bond donors (Lipinski definition) is 2. The van der Waals surface area contributed by atoms with Gasteiger partial charge in [0, 0.05) is 12.6 Å². The Labute approximate surface area is 113 Å². The molecule has 0 amide bonds. The fourth-order valence-electron chi connectivity index (χ4n) is 1.60. The fourth-order valence-corrected chi connectivity index (χ4v) is 1.60. The van der Waals surface area contributed by atoms with Crippen LogP contribution in [0.1, 0.15) is 6.92 Å². The zero-order valence-electron chi connectivity index (χ0n) is 11.0. The number of nitrogens with zero attached hydrogens (tertiary/aromatic N) is 2. The first-order valence-electron chi connectivity index (χ1n) is 6.36. The van der Waals surface area contributed by atoms with Crippen molar-refractivity contribution in [3.05, 3.63) is 42.7 Å². The average Bonchev–Trinajstić information content (AvgIpc) is 2.46. The lowest BCUT2D eigenvalue weighted by Crippen LogP contribution is -2.12. The van der Waals surface area contributed by atoms with Gasteiger partial charge < -0.3 is 15.4 Å². The van der Waals surface area contributed by atoms with Crippen LogP contribution in [0.5, 0.6) is 5.75 Å². The van der Waals surface area contributed by atoms with E-state index in [-0.39, 0.29) is 0 Å². The van der Waals surface area contributed by atoms with Crippen LogP contribution in [0.25, 0.3) is 0 Å². The van der Waals surface area contributed by atoms with Gasteiger partial charge in [-0.1, -0.05) is 18.2 Å².